The number of hydrogen-bond acceptors (Lipinski definition) is 5. The summed E-state index contributed by atoms with van der Waals surface area (Å²) in [5, 5.41) is 8.64. The number of nitriles is 1. The molecule has 0 saturated carbocycles. The highest BCUT2D eigenvalue weighted by molar-refractivity contribution is 5.83. The summed E-state index contributed by atoms with van der Waals surface area (Å²) < 4.78 is 0. The van der Waals surface area contributed by atoms with E-state index < -0.39 is 5.92 Å². The molecule has 5 nitrogen and oxygen atoms in total. The van der Waals surface area contributed by atoms with E-state index >= 15 is 0 Å². The Hall–Kier alpha value is -0.960. The van der Waals surface area contributed by atoms with Gasteiger partial charge in [-0.05, 0) is 14.1 Å². The number of rotatable bonds is 6. The fourth-order valence-corrected chi connectivity index (χ4v) is 1.58. The lowest BCUT2D eigenvalue weighted by Gasteiger charge is -2.10. The molecule has 3 unspecified atom stereocenters. The number of nitrogens with zero attached hydrogens (tertiary/aromatic N) is 3. The second kappa shape index (κ2) is 5.21. The molecule has 2 N–H and O–H groups in total. The van der Waals surface area contributed by atoms with Crippen molar-refractivity contribution in [1.29, 1.82) is 5.26 Å². The van der Waals surface area contributed by atoms with Crippen LogP contribution in [0, 0.1) is 17.2 Å². The van der Waals surface area contributed by atoms with Crippen molar-refractivity contribution >= 4 is 5.78 Å². The molecule has 1 heterocycles. The van der Waals surface area contributed by atoms with Crippen LogP contribution in [-0.2, 0) is 4.79 Å². The van der Waals surface area contributed by atoms with Crippen molar-refractivity contribution in [2.75, 3.05) is 33.7 Å². The van der Waals surface area contributed by atoms with Gasteiger partial charge in [0, 0.05) is 26.1 Å². The van der Waals surface area contributed by atoms with Crippen LogP contribution in [0.4, 0.5) is 0 Å². The van der Waals surface area contributed by atoms with Crippen molar-refractivity contribution in [1.82, 2.24) is 9.80 Å². The number of likely N-dealkylation sites (N-methyl/N-ethyl adjacent to an activating group) is 1. The van der Waals surface area contributed by atoms with E-state index in [9.17, 15) is 4.79 Å². The highest BCUT2D eigenvalue weighted by Gasteiger charge is 2.35. The largest absolute Gasteiger partial charge is 0.329 e. The first-order chi connectivity index (χ1) is 7.10. The van der Waals surface area contributed by atoms with Crippen LogP contribution in [0.1, 0.15) is 6.42 Å². The summed E-state index contributed by atoms with van der Waals surface area (Å²) in [5.74, 6) is -0.660. The Morgan fingerprint density at radius 1 is 1.73 bits per heavy atom. The second-order valence-electron chi connectivity index (χ2n) is 4.07. The molecular formula is C10H18N4O. The molecule has 15 heavy (non-hydrogen) atoms. The van der Waals surface area contributed by atoms with E-state index in [4.69, 9.17) is 11.0 Å². The van der Waals surface area contributed by atoms with Crippen molar-refractivity contribution < 1.29 is 4.79 Å². The molecule has 0 bridgehead atoms. The predicted molar refractivity (Wildman–Crippen MR) is 56.8 cm³/mol. The first-order valence-electron chi connectivity index (χ1n) is 5.13. The summed E-state index contributed by atoms with van der Waals surface area (Å²) in [5.41, 5.74) is 5.32. The van der Waals surface area contributed by atoms with Gasteiger partial charge >= 0.3 is 0 Å². The maximum absolute atomic E-state index is 11.5. The van der Waals surface area contributed by atoms with Crippen molar-refractivity contribution in [3.05, 3.63) is 0 Å². The highest BCUT2D eigenvalue weighted by Crippen LogP contribution is 2.19. The Morgan fingerprint density at radius 2 is 2.40 bits per heavy atom. The van der Waals surface area contributed by atoms with Gasteiger partial charge in [0.1, 0.15) is 5.92 Å². The Kier molecular flexibility index (Phi) is 4.21. The number of nitrogens with two attached hydrogens (primary N) is 1. The van der Waals surface area contributed by atoms with Gasteiger partial charge in [0.05, 0.1) is 12.2 Å². The van der Waals surface area contributed by atoms with Gasteiger partial charge in [-0.15, -0.1) is 0 Å². The molecule has 3 atom stereocenters. The number of hydrogen-bond donors (Lipinski definition) is 1. The SMILES string of the molecule is CN(C)C1CN1CCC(=O)C(C#N)CN. The van der Waals surface area contributed by atoms with Gasteiger partial charge in [-0.2, -0.15) is 5.26 Å². The Bertz CT molecular complexity index is 271. The first kappa shape index (κ1) is 12.1. The number of ketones is 1. The van der Waals surface area contributed by atoms with E-state index in [1.54, 1.807) is 0 Å². The normalized spacial score (nSPS) is 26.1. The summed E-state index contributed by atoms with van der Waals surface area (Å²) in [7, 11) is 4.04. The summed E-state index contributed by atoms with van der Waals surface area (Å²) >= 11 is 0. The van der Waals surface area contributed by atoms with E-state index in [2.05, 4.69) is 9.80 Å². The second-order valence-corrected chi connectivity index (χ2v) is 4.07. The Labute approximate surface area is 90.4 Å². The van der Waals surface area contributed by atoms with Crippen LogP contribution >= 0.6 is 0 Å². The van der Waals surface area contributed by atoms with Crippen LogP contribution in [0.15, 0.2) is 0 Å². The minimum absolute atomic E-state index is 0.0376. The summed E-state index contributed by atoms with van der Waals surface area (Å²) in [4.78, 5) is 15.8. The predicted octanol–water partition coefficient (Wildman–Crippen LogP) is -0.753. The Morgan fingerprint density at radius 3 is 2.80 bits per heavy atom. The van der Waals surface area contributed by atoms with Crippen LogP contribution < -0.4 is 5.73 Å². The van der Waals surface area contributed by atoms with Crippen LogP contribution in [0.2, 0.25) is 0 Å². The average Bonchev–Trinajstić information content (AvgIpc) is 2.96. The zero-order valence-corrected chi connectivity index (χ0v) is 9.31. The van der Waals surface area contributed by atoms with Gasteiger partial charge < -0.3 is 5.73 Å². The third-order valence-electron chi connectivity index (χ3n) is 2.71. The van der Waals surface area contributed by atoms with E-state index in [0.29, 0.717) is 12.6 Å². The van der Waals surface area contributed by atoms with E-state index in [-0.39, 0.29) is 12.3 Å². The van der Waals surface area contributed by atoms with Crippen molar-refractivity contribution in [3.8, 4) is 6.07 Å². The molecule has 1 aliphatic rings. The quantitative estimate of drug-likeness (QED) is 0.584. The molecule has 0 aromatic carbocycles. The molecule has 1 rings (SSSR count). The lowest BCUT2D eigenvalue weighted by Crippen LogP contribution is -2.25. The molecule has 0 amide bonds. The first-order valence-corrected chi connectivity index (χ1v) is 5.13. The molecule has 0 aromatic heterocycles. The standard InChI is InChI=1S/C10H18N4O/c1-13(2)10-7-14(10)4-3-9(15)8(5-11)6-12/h8,10H,3-5,7,11H2,1-2H3. The van der Waals surface area contributed by atoms with Gasteiger partial charge in [0.25, 0.3) is 0 Å². The van der Waals surface area contributed by atoms with Crippen LogP contribution in [0.5, 0.6) is 0 Å². The van der Waals surface area contributed by atoms with Gasteiger partial charge in [0.2, 0.25) is 0 Å². The highest BCUT2D eigenvalue weighted by atomic mass is 16.1. The van der Waals surface area contributed by atoms with Gasteiger partial charge in [-0.1, -0.05) is 0 Å². The molecule has 1 saturated heterocycles. The topological polar surface area (TPSA) is 73.1 Å². The summed E-state index contributed by atoms with van der Waals surface area (Å²) in [6.07, 6.45) is 0.899. The minimum atomic E-state index is -0.622. The molecule has 1 fully saturated rings. The fraction of sp³-hybridized carbons (Fsp3) is 0.800. The molecule has 5 heteroatoms. The smallest absolute Gasteiger partial charge is 0.152 e. The number of Topliss-reactive ketones (excluding diaryl/α,β-unsaturated/α-hetero) is 1. The zero-order chi connectivity index (χ0) is 11.4. The lowest BCUT2D eigenvalue weighted by atomic mass is 10.0. The van der Waals surface area contributed by atoms with E-state index in [1.807, 2.05) is 20.2 Å². The van der Waals surface area contributed by atoms with Crippen molar-refractivity contribution in [2.45, 2.75) is 12.6 Å². The van der Waals surface area contributed by atoms with Crippen LogP contribution in [0.3, 0.4) is 0 Å². The third-order valence-corrected chi connectivity index (χ3v) is 2.71. The third kappa shape index (κ3) is 3.27. The van der Waals surface area contributed by atoms with Crippen LogP contribution in [-0.4, -0.2) is 55.5 Å². The minimum Gasteiger partial charge on any atom is -0.329 e. The van der Waals surface area contributed by atoms with Crippen molar-refractivity contribution in [3.63, 3.8) is 0 Å². The molecule has 0 aromatic rings. The summed E-state index contributed by atoms with van der Waals surface area (Å²) in [6.45, 7) is 1.88. The maximum Gasteiger partial charge on any atom is 0.152 e. The maximum atomic E-state index is 11.5. The molecule has 0 radical (unpaired) electrons. The molecule has 1 aliphatic heterocycles. The van der Waals surface area contributed by atoms with Gasteiger partial charge in [0.15, 0.2) is 5.78 Å². The molecule has 0 spiro atoms. The van der Waals surface area contributed by atoms with E-state index in [1.165, 1.54) is 0 Å². The van der Waals surface area contributed by atoms with Gasteiger partial charge in [-0.25, -0.2) is 0 Å². The van der Waals surface area contributed by atoms with E-state index in [0.717, 1.165) is 13.1 Å². The van der Waals surface area contributed by atoms with Crippen LogP contribution in [0.25, 0.3) is 0 Å². The number of carbonyl (C=O) groups is 1. The zero-order valence-electron chi connectivity index (χ0n) is 9.31. The lowest BCUT2D eigenvalue weighted by molar-refractivity contribution is -0.121. The average molecular weight is 210 g/mol. The van der Waals surface area contributed by atoms with Gasteiger partial charge in [-0.3, -0.25) is 14.6 Å². The molecule has 84 valence electrons. The number of carbonyl (C=O) groups excluding carboxylic acids is 1. The Balaban J connectivity index is 2.22. The monoisotopic (exact) mass is 210 g/mol. The summed E-state index contributed by atoms with van der Waals surface area (Å²) in [6, 6.07) is 1.93. The van der Waals surface area contributed by atoms with Crippen molar-refractivity contribution in [2.24, 2.45) is 11.7 Å². The molecular weight excluding hydrogens is 192 g/mol. The fourth-order valence-electron chi connectivity index (χ4n) is 1.58. The molecule has 0 aliphatic carbocycles.